The van der Waals surface area contributed by atoms with Gasteiger partial charge in [0.05, 0.1) is 26.5 Å². The van der Waals surface area contributed by atoms with E-state index in [0.29, 0.717) is 22.3 Å². The lowest BCUT2D eigenvalue weighted by molar-refractivity contribution is 0.0935. The van der Waals surface area contributed by atoms with Crippen LogP contribution in [0.1, 0.15) is 29.0 Å². The third-order valence-electron chi connectivity index (χ3n) is 3.78. The average Bonchev–Trinajstić information content (AvgIpc) is 3.04. The predicted molar refractivity (Wildman–Crippen MR) is 93.4 cm³/mol. The number of benzene rings is 1. The number of hydrogen-bond donors (Lipinski definition) is 1. The average molecular weight is 361 g/mol. The Kier molecular flexibility index (Phi) is 4.76. The van der Waals surface area contributed by atoms with Crippen LogP contribution in [0.5, 0.6) is 11.5 Å². The third-order valence-corrected chi connectivity index (χ3v) is 3.98. The zero-order valence-electron chi connectivity index (χ0n) is 14.0. The van der Waals surface area contributed by atoms with Gasteiger partial charge in [0, 0.05) is 0 Å². The molecule has 7 nitrogen and oxygen atoms in total. The molecule has 2 aromatic heterocycles. The molecule has 1 unspecified atom stereocenters. The monoisotopic (exact) mass is 360 g/mol. The van der Waals surface area contributed by atoms with Crippen molar-refractivity contribution in [3.05, 3.63) is 52.9 Å². The van der Waals surface area contributed by atoms with Gasteiger partial charge in [0.1, 0.15) is 10.8 Å². The van der Waals surface area contributed by atoms with Crippen molar-refractivity contribution in [3.8, 4) is 11.5 Å². The lowest BCUT2D eigenvalue weighted by atomic mass is 10.1. The van der Waals surface area contributed by atoms with E-state index in [1.54, 1.807) is 32.4 Å². The first-order valence-electron chi connectivity index (χ1n) is 7.56. The fourth-order valence-electron chi connectivity index (χ4n) is 2.44. The largest absolute Gasteiger partial charge is 0.493 e. The summed E-state index contributed by atoms with van der Waals surface area (Å²) in [5.41, 5.74) is 1.70. The first kappa shape index (κ1) is 17.0. The van der Waals surface area contributed by atoms with Crippen molar-refractivity contribution in [1.82, 2.24) is 19.9 Å². The Balaban J connectivity index is 1.79. The molecule has 0 saturated heterocycles. The van der Waals surface area contributed by atoms with Crippen LogP contribution in [0.25, 0.3) is 5.65 Å². The molecule has 0 aliphatic heterocycles. The highest BCUT2D eigenvalue weighted by molar-refractivity contribution is 6.29. The van der Waals surface area contributed by atoms with E-state index in [2.05, 4.69) is 15.4 Å². The summed E-state index contributed by atoms with van der Waals surface area (Å²) in [4.78, 5) is 16.7. The second-order valence-electron chi connectivity index (χ2n) is 5.39. The second-order valence-corrected chi connectivity index (χ2v) is 5.78. The number of hydrogen-bond acceptors (Lipinski definition) is 5. The van der Waals surface area contributed by atoms with E-state index in [1.165, 1.54) is 10.7 Å². The molecule has 130 valence electrons. The summed E-state index contributed by atoms with van der Waals surface area (Å²) in [5, 5.41) is 7.30. The molecule has 0 aliphatic carbocycles. The maximum Gasteiger partial charge on any atom is 0.272 e. The van der Waals surface area contributed by atoms with Gasteiger partial charge in [-0.05, 0) is 36.8 Å². The molecular weight excluding hydrogens is 344 g/mol. The van der Waals surface area contributed by atoms with Gasteiger partial charge in [-0.25, -0.2) is 9.50 Å². The van der Waals surface area contributed by atoms with Gasteiger partial charge in [-0.3, -0.25) is 4.79 Å². The van der Waals surface area contributed by atoms with E-state index < -0.39 is 0 Å². The first-order chi connectivity index (χ1) is 12.0. The number of ether oxygens (including phenoxy) is 2. The van der Waals surface area contributed by atoms with Gasteiger partial charge in [0.15, 0.2) is 17.1 Å². The van der Waals surface area contributed by atoms with Gasteiger partial charge < -0.3 is 14.8 Å². The molecule has 0 aliphatic rings. The fourth-order valence-corrected chi connectivity index (χ4v) is 2.59. The van der Waals surface area contributed by atoms with Crippen molar-refractivity contribution < 1.29 is 14.3 Å². The zero-order chi connectivity index (χ0) is 18.0. The number of rotatable bonds is 5. The molecule has 0 radical (unpaired) electrons. The van der Waals surface area contributed by atoms with Crippen LogP contribution in [0.15, 0.2) is 36.5 Å². The minimum absolute atomic E-state index is 0.242. The van der Waals surface area contributed by atoms with E-state index in [-0.39, 0.29) is 17.6 Å². The minimum atomic E-state index is -0.302. The number of carbonyl (C=O) groups excluding carboxylic acids is 1. The Bertz CT molecular complexity index is 925. The van der Waals surface area contributed by atoms with Crippen molar-refractivity contribution in [3.63, 3.8) is 0 Å². The van der Waals surface area contributed by atoms with Crippen molar-refractivity contribution >= 4 is 23.2 Å². The molecule has 2 heterocycles. The number of imidazole rings is 1. The molecule has 0 bridgehead atoms. The summed E-state index contributed by atoms with van der Waals surface area (Å²) in [6.45, 7) is 1.88. The number of aromatic nitrogens is 3. The third kappa shape index (κ3) is 3.51. The van der Waals surface area contributed by atoms with E-state index in [0.717, 1.165) is 5.56 Å². The molecule has 3 rings (SSSR count). The molecule has 0 fully saturated rings. The van der Waals surface area contributed by atoms with Gasteiger partial charge in [-0.2, -0.15) is 5.10 Å². The Morgan fingerprint density at radius 1 is 1.20 bits per heavy atom. The highest BCUT2D eigenvalue weighted by Crippen LogP contribution is 2.29. The summed E-state index contributed by atoms with van der Waals surface area (Å²) >= 11 is 5.84. The van der Waals surface area contributed by atoms with E-state index in [9.17, 15) is 4.79 Å². The van der Waals surface area contributed by atoms with E-state index in [4.69, 9.17) is 21.1 Å². The van der Waals surface area contributed by atoms with Crippen LogP contribution in [0.3, 0.4) is 0 Å². The number of amides is 1. The van der Waals surface area contributed by atoms with Crippen molar-refractivity contribution in [1.29, 1.82) is 0 Å². The maximum atomic E-state index is 12.5. The maximum absolute atomic E-state index is 12.5. The summed E-state index contributed by atoms with van der Waals surface area (Å²) in [7, 11) is 3.14. The summed E-state index contributed by atoms with van der Waals surface area (Å²) in [5.74, 6) is 0.935. The van der Waals surface area contributed by atoms with Crippen LogP contribution >= 0.6 is 11.6 Å². The highest BCUT2D eigenvalue weighted by Gasteiger charge is 2.16. The number of carbonyl (C=O) groups is 1. The Hall–Kier alpha value is -2.80. The van der Waals surface area contributed by atoms with Crippen LogP contribution < -0.4 is 14.8 Å². The van der Waals surface area contributed by atoms with Gasteiger partial charge in [-0.1, -0.05) is 17.7 Å². The molecule has 25 heavy (non-hydrogen) atoms. The Morgan fingerprint density at radius 2 is 1.96 bits per heavy atom. The molecular formula is C17H17ClN4O3. The van der Waals surface area contributed by atoms with Crippen LogP contribution in [-0.4, -0.2) is 34.7 Å². The standard InChI is InChI=1S/C17H17ClN4O3/c1-10(11-4-5-13(24-2)14(8-11)25-3)19-17(23)12-9-22-16(20-12)7-6-15(18)21-22/h4-10H,1-3H3,(H,19,23). The Morgan fingerprint density at radius 3 is 2.68 bits per heavy atom. The fraction of sp³-hybridized carbons (Fsp3) is 0.235. The highest BCUT2D eigenvalue weighted by atomic mass is 35.5. The second kappa shape index (κ2) is 6.98. The van der Waals surface area contributed by atoms with Gasteiger partial charge in [0.2, 0.25) is 0 Å². The van der Waals surface area contributed by atoms with Crippen molar-refractivity contribution in [2.75, 3.05) is 14.2 Å². The lowest BCUT2D eigenvalue weighted by Crippen LogP contribution is -2.26. The van der Waals surface area contributed by atoms with Gasteiger partial charge >= 0.3 is 0 Å². The topological polar surface area (TPSA) is 77.8 Å². The molecule has 1 amide bonds. The number of nitrogens with one attached hydrogen (secondary N) is 1. The molecule has 1 N–H and O–H groups in total. The predicted octanol–water partition coefficient (Wildman–Crippen LogP) is 2.89. The summed E-state index contributed by atoms with van der Waals surface area (Å²) in [6, 6.07) is 8.58. The van der Waals surface area contributed by atoms with E-state index >= 15 is 0 Å². The number of halogens is 1. The van der Waals surface area contributed by atoms with Gasteiger partial charge in [0.25, 0.3) is 5.91 Å². The molecule has 8 heteroatoms. The SMILES string of the molecule is COc1ccc(C(C)NC(=O)c2cn3nc(Cl)ccc3n2)cc1OC. The number of fused-ring (bicyclic) bond motifs is 1. The normalized spacial score (nSPS) is 12.0. The van der Waals surface area contributed by atoms with Crippen LogP contribution in [-0.2, 0) is 0 Å². The molecule has 0 saturated carbocycles. The first-order valence-corrected chi connectivity index (χ1v) is 7.94. The summed E-state index contributed by atoms with van der Waals surface area (Å²) in [6.07, 6.45) is 1.54. The van der Waals surface area contributed by atoms with Crippen LogP contribution in [0.4, 0.5) is 0 Å². The quantitative estimate of drug-likeness (QED) is 0.757. The summed E-state index contributed by atoms with van der Waals surface area (Å²) < 4.78 is 12.0. The number of nitrogens with zero attached hydrogens (tertiary/aromatic N) is 3. The van der Waals surface area contributed by atoms with E-state index in [1.807, 2.05) is 19.1 Å². The zero-order valence-corrected chi connectivity index (χ0v) is 14.7. The molecule has 3 aromatic rings. The van der Waals surface area contributed by atoms with Crippen molar-refractivity contribution in [2.24, 2.45) is 0 Å². The molecule has 0 spiro atoms. The Labute approximate surface area is 149 Å². The number of methoxy groups -OCH3 is 2. The lowest BCUT2D eigenvalue weighted by Gasteiger charge is -2.16. The van der Waals surface area contributed by atoms with Crippen LogP contribution in [0, 0.1) is 0 Å². The molecule has 1 aromatic carbocycles. The van der Waals surface area contributed by atoms with Crippen molar-refractivity contribution in [2.45, 2.75) is 13.0 Å². The molecule has 1 atom stereocenters. The van der Waals surface area contributed by atoms with Crippen LogP contribution in [0.2, 0.25) is 5.15 Å². The van der Waals surface area contributed by atoms with Gasteiger partial charge in [-0.15, -0.1) is 0 Å². The smallest absolute Gasteiger partial charge is 0.272 e. The minimum Gasteiger partial charge on any atom is -0.493 e.